The second-order valence-electron chi connectivity index (χ2n) is 5.77. The van der Waals surface area contributed by atoms with Crippen molar-refractivity contribution < 1.29 is 9.18 Å². The van der Waals surface area contributed by atoms with Crippen LogP contribution in [0.2, 0.25) is 0 Å². The fraction of sp³-hybridized carbons (Fsp3) is 0.158. The molecule has 0 fully saturated rings. The van der Waals surface area contributed by atoms with Crippen molar-refractivity contribution >= 4 is 17.7 Å². The molecule has 1 amide bonds. The number of amides is 1. The third-order valence-corrected chi connectivity index (χ3v) is 4.59. The first-order valence-electron chi connectivity index (χ1n) is 8.21. The van der Waals surface area contributed by atoms with E-state index >= 15 is 0 Å². The van der Waals surface area contributed by atoms with Crippen LogP contribution in [0, 0.1) is 5.82 Å². The average Bonchev–Trinajstić information content (AvgIpc) is 2.66. The van der Waals surface area contributed by atoms with E-state index < -0.39 is 0 Å². The summed E-state index contributed by atoms with van der Waals surface area (Å²) in [6.07, 6.45) is 3.33. The molecule has 2 aromatic heterocycles. The van der Waals surface area contributed by atoms with Gasteiger partial charge < -0.3 is 10.3 Å². The average molecular weight is 384 g/mol. The summed E-state index contributed by atoms with van der Waals surface area (Å²) in [5, 5.41) is 3.21. The van der Waals surface area contributed by atoms with Crippen molar-refractivity contribution in [3.63, 3.8) is 0 Å². The van der Waals surface area contributed by atoms with Crippen molar-refractivity contribution in [2.75, 3.05) is 0 Å². The third-order valence-electron chi connectivity index (χ3n) is 3.64. The maximum absolute atomic E-state index is 12.9. The van der Waals surface area contributed by atoms with Gasteiger partial charge in [-0.2, -0.15) is 0 Å². The van der Waals surface area contributed by atoms with Gasteiger partial charge in [-0.1, -0.05) is 23.9 Å². The lowest BCUT2D eigenvalue weighted by Crippen LogP contribution is -2.25. The van der Waals surface area contributed by atoms with Crippen LogP contribution in [-0.2, 0) is 23.5 Å². The summed E-state index contributed by atoms with van der Waals surface area (Å²) in [7, 11) is 0. The summed E-state index contributed by atoms with van der Waals surface area (Å²) in [5.74, 6) is 0.00966. The summed E-state index contributed by atoms with van der Waals surface area (Å²) in [5.41, 5.74) is 1.92. The lowest BCUT2D eigenvalue weighted by molar-refractivity contribution is -0.120. The molecule has 8 heteroatoms. The maximum atomic E-state index is 12.9. The van der Waals surface area contributed by atoms with Crippen molar-refractivity contribution in [2.24, 2.45) is 0 Å². The van der Waals surface area contributed by atoms with Crippen LogP contribution in [0.4, 0.5) is 4.39 Å². The van der Waals surface area contributed by atoms with Crippen molar-refractivity contribution in [1.29, 1.82) is 0 Å². The number of nitrogens with one attached hydrogen (secondary N) is 2. The Kier molecular flexibility index (Phi) is 6.32. The van der Waals surface area contributed by atoms with Crippen LogP contribution in [-0.4, -0.2) is 20.9 Å². The number of aromatic nitrogens is 3. The summed E-state index contributed by atoms with van der Waals surface area (Å²) in [4.78, 5) is 34.8. The van der Waals surface area contributed by atoms with Crippen LogP contribution in [0.5, 0.6) is 0 Å². The Morgan fingerprint density at radius 2 is 1.85 bits per heavy atom. The van der Waals surface area contributed by atoms with E-state index in [2.05, 4.69) is 20.3 Å². The summed E-state index contributed by atoms with van der Waals surface area (Å²) in [6.45, 7) is 0.386. The van der Waals surface area contributed by atoms with Gasteiger partial charge in [-0.25, -0.2) is 9.37 Å². The van der Waals surface area contributed by atoms with Crippen LogP contribution < -0.4 is 10.9 Å². The first kappa shape index (κ1) is 18.8. The molecule has 138 valence electrons. The van der Waals surface area contributed by atoms with E-state index in [4.69, 9.17) is 0 Å². The quantitative estimate of drug-likeness (QED) is 0.483. The van der Waals surface area contributed by atoms with Gasteiger partial charge >= 0.3 is 0 Å². The van der Waals surface area contributed by atoms with E-state index in [-0.39, 0.29) is 23.7 Å². The van der Waals surface area contributed by atoms with Gasteiger partial charge in [0.1, 0.15) is 5.82 Å². The van der Waals surface area contributed by atoms with Gasteiger partial charge in [0.05, 0.1) is 12.1 Å². The highest BCUT2D eigenvalue weighted by molar-refractivity contribution is 7.98. The van der Waals surface area contributed by atoms with E-state index in [1.165, 1.54) is 30.0 Å². The molecule has 2 N–H and O–H groups in total. The molecule has 27 heavy (non-hydrogen) atoms. The number of carbonyl (C=O) groups excluding carboxylic acids is 1. The van der Waals surface area contributed by atoms with Crippen molar-refractivity contribution in [3.8, 4) is 0 Å². The molecule has 3 aromatic rings. The lowest BCUT2D eigenvalue weighted by atomic mass is 10.2. The van der Waals surface area contributed by atoms with Gasteiger partial charge in [0.25, 0.3) is 5.56 Å². The molecule has 3 rings (SSSR count). The minimum atomic E-state index is -0.316. The second-order valence-corrected chi connectivity index (χ2v) is 6.73. The summed E-state index contributed by atoms with van der Waals surface area (Å²) < 4.78 is 12.9. The van der Waals surface area contributed by atoms with Crippen LogP contribution in [0.1, 0.15) is 16.8 Å². The molecule has 0 spiro atoms. The number of pyridine rings is 1. The van der Waals surface area contributed by atoms with Gasteiger partial charge in [0, 0.05) is 30.8 Å². The highest BCUT2D eigenvalue weighted by Gasteiger charge is 2.08. The summed E-state index contributed by atoms with van der Waals surface area (Å²) >= 11 is 1.32. The Hall–Kier alpha value is -3.00. The first-order valence-corrected chi connectivity index (χ1v) is 9.20. The topological polar surface area (TPSA) is 87.7 Å². The molecule has 0 saturated carbocycles. The van der Waals surface area contributed by atoms with Crippen LogP contribution >= 0.6 is 11.8 Å². The van der Waals surface area contributed by atoms with E-state index in [1.54, 1.807) is 24.5 Å². The number of benzene rings is 1. The van der Waals surface area contributed by atoms with Crippen molar-refractivity contribution in [2.45, 2.75) is 23.9 Å². The smallest absolute Gasteiger partial charge is 0.251 e. The Bertz CT molecular complexity index is 961. The number of aromatic amines is 1. The van der Waals surface area contributed by atoms with Crippen LogP contribution in [0.25, 0.3) is 0 Å². The number of nitrogens with zero attached hydrogens (tertiary/aromatic N) is 2. The van der Waals surface area contributed by atoms with Gasteiger partial charge in [-0.3, -0.25) is 14.6 Å². The zero-order chi connectivity index (χ0) is 19.1. The molecule has 1 aromatic carbocycles. The van der Waals surface area contributed by atoms with E-state index in [1.807, 2.05) is 12.1 Å². The number of hydrogen-bond donors (Lipinski definition) is 2. The normalized spacial score (nSPS) is 10.6. The third kappa shape index (κ3) is 6.03. The number of carbonyl (C=O) groups is 1. The zero-order valence-corrected chi connectivity index (χ0v) is 15.1. The number of hydrogen-bond acceptors (Lipinski definition) is 5. The van der Waals surface area contributed by atoms with Crippen molar-refractivity contribution in [3.05, 3.63) is 87.9 Å². The number of H-pyrrole nitrogens is 1. The molecule has 2 heterocycles. The van der Waals surface area contributed by atoms with Crippen LogP contribution in [0.15, 0.2) is 64.8 Å². The number of halogens is 1. The van der Waals surface area contributed by atoms with E-state index in [0.717, 1.165) is 11.1 Å². The molecular formula is C19H17FN4O2S. The molecule has 0 unspecified atom stereocenters. The summed E-state index contributed by atoms with van der Waals surface area (Å²) in [6, 6.07) is 11.1. The Morgan fingerprint density at radius 3 is 2.59 bits per heavy atom. The Morgan fingerprint density at radius 1 is 1.11 bits per heavy atom. The van der Waals surface area contributed by atoms with Gasteiger partial charge in [-0.05, 0) is 35.4 Å². The van der Waals surface area contributed by atoms with Crippen LogP contribution in [0.3, 0.4) is 0 Å². The van der Waals surface area contributed by atoms with Gasteiger partial charge in [0.15, 0.2) is 5.16 Å². The Balaban J connectivity index is 1.58. The molecule has 0 aliphatic heterocycles. The lowest BCUT2D eigenvalue weighted by Gasteiger charge is -2.06. The molecule has 0 saturated heterocycles. The fourth-order valence-corrected chi connectivity index (χ4v) is 3.15. The molecule has 0 aliphatic rings. The predicted octanol–water partition coefficient (Wildman–Crippen LogP) is 2.46. The van der Waals surface area contributed by atoms with E-state index in [0.29, 0.717) is 23.1 Å². The Labute approximate surface area is 159 Å². The molecule has 0 radical (unpaired) electrons. The molecular weight excluding hydrogens is 367 g/mol. The second kappa shape index (κ2) is 9.09. The zero-order valence-electron chi connectivity index (χ0n) is 14.3. The first-order chi connectivity index (χ1) is 13.1. The SMILES string of the molecule is O=C(Cc1cc(=O)[nH]c(SCc2ccc(F)cc2)n1)NCc1ccncc1. The number of thioether (sulfide) groups is 1. The minimum Gasteiger partial charge on any atom is -0.352 e. The highest BCUT2D eigenvalue weighted by Crippen LogP contribution is 2.18. The minimum absolute atomic E-state index is 0.0130. The molecule has 6 nitrogen and oxygen atoms in total. The maximum Gasteiger partial charge on any atom is 0.251 e. The molecule has 0 aliphatic carbocycles. The number of rotatable bonds is 7. The van der Waals surface area contributed by atoms with Gasteiger partial charge in [0.2, 0.25) is 5.91 Å². The highest BCUT2D eigenvalue weighted by atomic mass is 32.2. The van der Waals surface area contributed by atoms with Crippen molar-refractivity contribution in [1.82, 2.24) is 20.3 Å². The monoisotopic (exact) mass is 384 g/mol. The largest absolute Gasteiger partial charge is 0.352 e. The fourth-order valence-electron chi connectivity index (χ4n) is 2.30. The molecule has 0 bridgehead atoms. The van der Waals surface area contributed by atoms with Gasteiger partial charge in [-0.15, -0.1) is 0 Å². The predicted molar refractivity (Wildman–Crippen MR) is 101 cm³/mol. The molecule has 0 atom stereocenters. The van der Waals surface area contributed by atoms with E-state index in [9.17, 15) is 14.0 Å². The standard InChI is InChI=1S/C19H17FN4O2S/c20-15-3-1-14(2-4-15)12-27-19-23-16(10-18(26)24-19)9-17(25)22-11-13-5-7-21-8-6-13/h1-8,10H,9,11-12H2,(H,22,25)(H,23,24,26).